The zero-order chi connectivity index (χ0) is 31.5. The molecule has 1 aliphatic heterocycles. The first-order chi connectivity index (χ1) is 21.9. The van der Waals surface area contributed by atoms with Crippen molar-refractivity contribution in [1.29, 1.82) is 0 Å². The molecule has 0 saturated heterocycles. The molecular formula is C36H32N2O6S. The third-order valence-electron chi connectivity index (χ3n) is 7.67. The number of carbonyl (C=O) groups is 1. The molecule has 1 aliphatic rings. The number of nitrogens with zero attached hydrogens (tertiary/aromatic N) is 2. The number of ether oxygens (including phenoxy) is 4. The molecule has 0 fully saturated rings. The van der Waals surface area contributed by atoms with Crippen LogP contribution < -0.4 is 29.1 Å². The molecule has 8 nitrogen and oxygen atoms in total. The van der Waals surface area contributed by atoms with Crippen molar-refractivity contribution in [2.24, 2.45) is 4.99 Å². The zero-order valence-electron chi connectivity index (χ0n) is 25.4. The molecule has 2 heterocycles. The molecule has 1 atom stereocenters. The van der Waals surface area contributed by atoms with Gasteiger partial charge in [0.2, 0.25) is 0 Å². The van der Waals surface area contributed by atoms with Crippen LogP contribution in [-0.2, 0) is 16.1 Å². The molecule has 0 N–H and O–H groups in total. The first-order valence-corrected chi connectivity index (χ1v) is 15.3. The van der Waals surface area contributed by atoms with Gasteiger partial charge in [-0.3, -0.25) is 9.36 Å². The maximum Gasteiger partial charge on any atom is 0.338 e. The summed E-state index contributed by atoms with van der Waals surface area (Å²) in [5, 5.41) is 2.31. The van der Waals surface area contributed by atoms with E-state index in [9.17, 15) is 9.59 Å². The molecule has 1 unspecified atom stereocenters. The lowest BCUT2D eigenvalue weighted by atomic mass is 9.95. The summed E-state index contributed by atoms with van der Waals surface area (Å²) in [7, 11) is 3.10. The van der Waals surface area contributed by atoms with Crippen LogP contribution in [0.2, 0.25) is 0 Å². The number of rotatable bonds is 9. The van der Waals surface area contributed by atoms with E-state index < -0.39 is 12.0 Å². The Morgan fingerprint density at radius 2 is 1.73 bits per heavy atom. The summed E-state index contributed by atoms with van der Waals surface area (Å²) in [5.41, 5.74) is 3.09. The van der Waals surface area contributed by atoms with Crippen molar-refractivity contribution in [3.8, 4) is 17.2 Å². The molecule has 0 aliphatic carbocycles. The van der Waals surface area contributed by atoms with Crippen molar-refractivity contribution in [1.82, 2.24) is 4.57 Å². The molecule has 0 radical (unpaired) electrons. The standard InChI is InChI=1S/C36H32N2O6S/c1-5-43-35(40)32-22(2)37-36-38(33(32)25-16-17-29(41-3)30(20-25)42-4)34(39)31(45-36)19-23-10-8-14-27(18-23)44-21-26-13-9-12-24-11-6-7-15-28(24)26/h6-20,33H,5,21H2,1-4H3/b31-19+. The van der Waals surface area contributed by atoms with Gasteiger partial charge in [0.1, 0.15) is 12.4 Å². The van der Waals surface area contributed by atoms with Gasteiger partial charge >= 0.3 is 5.97 Å². The molecule has 1 aromatic heterocycles. The van der Waals surface area contributed by atoms with Crippen LogP contribution in [0, 0.1) is 0 Å². The Labute approximate surface area is 264 Å². The van der Waals surface area contributed by atoms with Crippen LogP contribution in [0.3, 0.4) is 0 Å². The van der Waals surface area contributed by atoms with Gasteiger partial charge in [-0.05, 0) is 71.7 Å². The summed E-state index contributed by atoms with van der Waals surface area (Å²) in [6.07, 6.45) is 1.82. The number of methoxy groups -OCH3 is 2. The Morgan fingerprint density at radius 1 is 0.956 bits per heavy atom. The number of allylic oxidation sites excluding steroid dienone is 1. The summed E-state index contributed by atoms with van der Waals surface area (Å²) in [6, 6.07) is 26.6. The number of esters is 1. The predicted molar refractivity (Wildman–Crippen MR) is 175 cm³/mol. The van der Waals surface area contributed by atoms with E-state index in [0.717, 1.165) is 21.9 Å². The number of carbonyl (C=O) groups excluding carboxylic acids is 1. The molecule has 4 aromatic carbocycles. The number of fused-ring (bicyclic) bond motifs is 2. The first-order valence-electron chi connectivity index (χ1n) is 14.5. The molecule has 0 bridgehead atoms. The number of thiazole rings is 1. The van der Waals surface area contributed by atoms with Crippen LogP contribution in [0.15, 0.2) is 106 Å². The van der Waals surface area contributed by atoms with Crippen molar-refractivity contribution in [2.75, 3.05) is 20.8 Å². The van der Waals surface area contributed by atoms with Crippen molar-refractivity contribution in [3.63, 3.8) is 0 Å². The second-order valence-electron chi connectivity index (χ2n) is 10.4. The lowest BCUT2D eigenvalue weighted by Gasteiger charge is -2.25. The fourth-order valence-electron chi connectivity index (χ4n) is 5.55. The minimum Gasteiger partial charge on any atom is -0.493 e. The topological polar surface area (TPSA) is 88.4 Å². The number of hydrogen-bond acceptors (Lipinski definition) is 8. The van der Waals surface area contributed by atoms with Crippen LogP contribution in [0.25, 0.3) is 16.8 Å². The molecule has 45 heavy (non-hydrogen) atoms. The maximum absolute atomic E-state index is 14.1. The van der Waals surface area contributed by atoms with Gasteiger partial charge in [0.15, 0.2) is 16.3 Å². The van der Waals surface area contributed by atoms with Crippen molar-refractivity contribution < 1.29 is 23.7 Å². The van der Waals surface area contributed by atoms with Crippen LogP contribution >= 0.6 is 11.3 Å². The normalized spacial score (nSPS) is 14.6. The van der Waals surface area contributed by atoms with Gasteiger partial charge in [0.05, 0.1) is 42.7 Å². The van der Waals surface area contributed by atoms with Gasteiger partial charge in [-0.15, -0.1) is 0 Å². The highest BCUT2D eigenvalue weighted by Crippen LogP contribution is 2.36. The fraction of sp³-hybridized carbons (Fsp3) is 0.194. The Hall–Kier alpha value is -5.15. The highest BCUT2D eigenvalue weighted by atomic mass is 32.1. The minimum absolute atomic E-state index is 0.192. The zero-order valence-corrected chi connectivity index (χ0v) is 26.2. The van der Waals surface area contributed by atoms with Gasteiger partial charge < -0.3 is 18.9 Å². The van der Waals surface area contributed by atoms with E-state index in [1.165, 1.54) is 11.3 Å². The number of aromatic nitrogens is 1. The largest absolute Gasteiger partial charge is 0.493 e. The molecule has 5 aromatic rings. The first kappa shape index (κ1) is 29.9. The van der Waals surface area contributed by atoms with E-state index in [4.69, 9.17) is 18.9 Å². The van der Waals surface area contributed by atoms with E-state index in [-0.39, 0.29) is 12.2 Å². The van der Waals surface area contributed by atoms with Gasteiger partial charge in [0.25, 0.3) is 5.56 Å². The Kier molecular flexibility index (Phi) is 8.53. The van der Waals surface area contributed by atoms with E-state index in [1.54, 1.807) is 44.8 Å². The summed E-state index contributed by atoms with van der Waals surface area (Å²) >= 11 is 1.27. The van der Waals surface area contributed by atoms with E-state index in [2.05, 4.69) is 29.3 Å². The Morgan fingerprint density at radius 3 is 2.53 bits per heavy atom. The summed E-state index contributed by atoms with van der Waals surface area (Å²) in [4.78, 5) is 32.4. The Balaban J connectivity index is 1.39. The van der Waals surface area contributed by atoms with Crippen LogP contribution in [0.1, 0.15) is 36.6 Å². The highest BCUT2D eigenvalue weighted by Gasteiger charge is 2.34. The SMILES string of the molecule is CCOC(=O)C1=C(C)N=c2s/c(=C/c3cccc(OCc4cccc5ccccc45)c3)c(=O)n2C1c1ccc(OC)c(OC)c1. The van der Waals surface area contributed by atoms with Crippen molar-refractivity contribution in [3.05, 3.63) is 133 Å². The van der Waals surface area contributed by atoms with E-state index >= 15 is 0 Å². The van der Waals surface area contributed by atoms with Crippen LogP contribution in [-0.4, -0.2) is 31.4 Å². The van der Waals surface area contributed by atoms with Crippen molar-refractivity contribution in [2.45, 2.75) is 26.5 Å². The summed E-state index contributed by atoms with van der Waals surface area (Å²) in [6.45, 7) is 4.11. The summed E-state index contributed by atoms with van der Waals surface area (Å²) < 4.78 is 24.6. The predicted octanol–water partition coefficient (Wildman–Crippen LogP) is 5.55. The van der Waals surface area contributed by atoms with Gasteiger partial charge in [-0.1, -0.05) is 72.0 Å². The third-order valence-corrected chi connectivity index (χ3v) is 8.65. The van der Waals surface area contributed by atoms with Gasteiger partial charge in [0, 0.05) is 0 Å². The van der Waals surface area contributed by atoms with Gasteiger partial charge in [-0.2, -0.15) is 0 Å². The number of hydrogen-bond donors (Lipinski definition) is 0. The van der Waals surface area contributed by atoms with Crippen LogP contribution in [0.4, 0.5) is 0 Å². The van der Waals surface area contributed by atoms with E-state index in [0.29, 0.717) is 50.0 Å². The second-order valence-corrected chi connectivity index (χ2v) is 11.4. The lowest BCUT2D eigenvalue weighted by molar-refractivity contribution is -0.139. The molecule has 228 valence electrons. The second kappa shape index (κ2) is 12.8. The monoisotopic (exact) mass is 620 g/mol. The molecule has 0 spiro atoms. The maximum atomic E-state index is 14.1. The number of benzene rings is 4. The van der Waals surface area contributed by atoms with Crippen molar-refractivity contribution >= 4 is 34.2 Å². The molecule has 6 rings (SSSR count). The molecule has 0 amide bonds. The average molecular weight is 621 g/mol. The fourth-order valence-corrected chi connectivity index (χ4v) is 6.60. The minimum atomic E-state index is -0.766. The Bertz CT molecular complexity index is 2120. The van der Waals surface area contributed by atoms with E-state index in [1.807, 2.05) is 54.6 Å². The van der Waals surface area contributed by atoms with Crippen LogP contribution in [0.5, 0.6) is 17.2 Å². The molecule has 0 saturated carbocycles. The molecular weight excluding hydrogens is 588 g/mol. The summed E-state index contributed by atoms with van der Waals surface area (Å²) in [5.74, 6) is 1.18. The smallest absolute Gasteiger partial charge is 0.338 e. The quantitative estimate of drug-likeness (QED) is 0.201. The third kappa shape index (κ3) is 5.86. The average Bonchev–Trinajstić information content (AvgIpc) is 3.36. The lowest BCUT2D eigenvalue weighted by Crippen LogP contribution is -2.39. The highest BCUT2D eigenvalue weighted by molar-refractivity contribution is 7.07. The molecule has 9 heteroatoms. The van der Waals surface area contributed by atoms with Gasteiger partial charge in [-0.25, -0.2) is 9.79 Å².